The molecule has 1 fully saturated rings. The van der Waals surface area contributed by atoms with Crippen LogP contribution in [0.15, 0.2) is 54.6 Å². The summed E-state index contributed by atoms with van der Waals surface area (Å²) in [5.41, 5.74) is 3.98. The maximum atomic E-state index is 12.5. The fraction of sp³-hybridized carbons (Fsp3) is 0.200. The van der Waals surface area contributed by atoms with Crippen LogP contribution in [0.5, 0.6) is 0 Å². The lowest BCUT2D eigenvalue weighted by Crippen LogP contribution is -2.31. The molecule has 6 nitrogen and oxygen atoms in total. The van der Waals surface area contributed by atoms with Crippen LogP contribution in [0.4, 0.5) is 5.69 Å². The molecule has 1 aliphatic rings. The third kappa shape index (κ3) is 5.09. The lowest BCUT2D eigenvalue weighted by molar-refractivity contribution is -0.124. The lowest BCUT2D eigenvalue weighted by Gasteiger charge is -2.18. The molecule has 0 aromatic heterocycles. The van der Waals surface area contributed by atoms with Crippen molar-refractivity contribution in [1.82, 2.24) is 10.4 Å². The van der Waals surface area contributed by atoms with Gasteiger partial charge < -0.3 is 10.2 Å². The summed E-state index contributed by atoms with van der Waals surface area (Å²) in [6, 6.07) is 14.7. The molecule has 1 heterocycles. The number of carbonyl (C=O) groups is 2. The quantitative estimate of drug-likeness (QED) is 0.419. The van der Waals surface area contributed by atoms with Crippen LogP contribution in [0.2, 0.25) is 5.02 Å². The average Bonchev–Trinajstić information content (AvgIpc) is 3.15. The van der Waals surface area contributed by atoms with Gasteiger partial charge in [-0.1, -0.05) is 23.7 Å². The molecule has 1 aliphatic heterocycles. The van der Waals surface area contributed by atoms with E-state index in [0.717, 1.165) is 17.7 Å². The number of halogens is 1. The van der Waals surface area contributed by atoms with Crippen molar-refractivity contribution in [2.24, 2.45) is 0 Å². The molecule has 27 heavy (non-hydrogen) atoms. The first-order valence-corrected chi connectivity index (χ1v) is 8.96. The van der Waals surface area contributed by atoms with E-state index in [2.05, 4.69) is 5.32 Å². The second-order valence-corrected chi connectivity index (χ2v) is 6.76. The molecule has 3 N–H and O–H groups in total. The summed E-state index contributed by atoms with van der Waals surface area (Å²) in [4.78, 5) is 25.4. The van der Waals surface area contributed by atoms with Gasteiger partial charge in [0.1, 0.15) is 0 Å². The number of nitrogens with one attached hydrogen (secondary N) is 2. The SMILES string of the molecule is O=C(C=Cc1ccc(N[C@@H]2CCN(C(=O)c3ccc(Cl)cc3)C2)cc1)NO. The molecule has 140 valence electrons. The summed E-state index contributed by atoms with van der Waals surface area (Å²) in [6.07, 6.45) is 3.73. The summed E-state index contributed by atoms with van der Waals surface area (Å²) in [5, 5.41) is 12.5. The molecule has 3 rings (SSSR count). The van der Waals surface area contributed by atoms with Crippen molar-refractivity contribution >= 4 is 35.2 Å². The van der Waals surface area contributed by atoms with Gasteiger partial charge in [0.25, 0.3) is 11.8 Å². The van der Waals surface area contributed by atoms with Crippen LogP contribution in [0, 0.1) is 0 Å². The van der Waals surface area contributed by atoms with Crippen molar-refractivity contribution in [3.05, 3.63) is 70.8 Å². The Morgan fingerprint density at radius 2 is 1.81 bits per heavy atom. The van der Waals surface area contributed by atoms with Gasteiger partial charge in [0.15, 0.2) is 0 Å². The molecule has 1 saturated heterocycles. The van der Waals surface area contributed by atoms with Crippen LogP contribution in [0.25, 0.3) is 6.08 Å². The average molecular weight is 386 g/mol. The van der Waals surface area contributed by atoms with Crippen LogP contribution in [0.3, 0.4) is 0 Å². The molecule has 2 aromatic rings. The van der Waals surface area contributed by atoms with E-state index < -0.39 is 5.91 Å². The molecular formula is C20H20ClN3O3. The van der Waals surface area contributed by atoms with E-state index in [9.17, 15) is 9.59 Å². The lowest BCUT2D eigenvalue weighted by atomic mass is 10.1. The Hall–Kier alpha value is -2.83. The minimum Gasteiger partial charge on any atom is -0.380 e. The fourth-order valence-corrected chi connectivity index (χ4v) is 3.10. The Bertz CT molecular complexity index is 835. The largest absolute Gasteiger partial charge is 0.380 e. The molecule has 0 unspecified atom stereocenters. The van der Waals surface area contributed by atoms with Gasteiger partial charge in [-0.2, -0.15) is 0 Å². The van der Waals surface area contributed by atoms with Crippen molar-refractivity contribution in [2.75, 3.05) is 18.4 Å². The van der Waals surface area contributed by atoms with E-state index in [1.165, 1.54) is 6.08 Å². The predicted octanol–water partition coefficient (Wildman–Crippen LogP) is 3.19. The second kappa shape index (κ2) is 8.70. The number of benzene rings is 2. The maximum Gasteiger partial charge on any atom is 0.267 e. The Morgan fingerprint density at radius 1 is 1.11 bits per heavy atom. The van der Waals surface area contributed by atoms with Crippen LogP contribution in [0.1, 0.15) is 22.3 Å². The number of hydroxylamine groups is 1. The molecule has 1 atom stereocenters. The number of hydrogen-bond acceptors (Lipinski definition) is 4. The smallest absolute Gasteiger partial charge is 0.267 e. The number of nitrogens with zero attached hydrogens (tertiary/aromatic N) is 1. The van der Waals surface area contributed by atoms with Gasteiger partial charge in [0.2, 0.25) is 0 Å². The van der Waals surface area contributed by atoms with Gasteiger partial charge in [-0.25, -0.2) is 5.48 Å². The number of rotatable bonds is 5. The molecule has 2 amide bonds. The van der Waals surface area contributed by atoms with E-state index in [-0.39, 0.29) is 11.9 Å². The molecule has 0 saturated carbocycles. The van der Waals surface area contributed by atoms with Gasteiger partial charge in [0, 0.05) is 41.5 Å². The van der Waals surface area contributed by atoms with Crippen molar-refractivity contribution in [3.8, 4) is 0 Å². The normalized spacial score (nSPS) is 16.5. The highest BCUT2D eigenvalue weighted by Crippen LogP contribution is 2.19. The topological polar surface area (TPSA) is 81.7 Å². The minimum absolute atomic E-state index is 0.0126. The third-order valence-electron chi connectivity index (χ3n) is 4.39. The molecule has 0 radical (unpaired) electrons. The van der Waals surface area contributed by atoms with E-state index in [0.29, 0.717) is 23.7 Å². The zero-order chi connectivity index (χ0) is 19.2. The van der Waals surface area contributed by atoms with Crippen LogP contribution in [-0.4, -0.2) is 41.1 Å². The van der Waals surface area contributed by atoms with Crippen LogP contribution in [-0.2, 0) is 4.79 Å². The van der Waals surface area contributed by atoms with Crippen LogP contribution < -0.4 is 10.8 Å². The number of amides is 2. The summed E-state index contributed by atoms with van der Waals surface area (Å²) >= 11 is 5.87. The van der Waals surface area contributed by atoms with Gasteiger partial charge in [-0.05, 0) is 54.5 Å². The number of likely N-dealkylation sites (tertiary alicyclic amines) is 1. The highest BCUT2D eigenvalue weighted by atomic mass is 35.5. The molecule has 0 spiro atoms. The van der Waals surface area contributed by atoms with Crippen molar-refractivity contribution in [1.29, 1.82) is 0 Å². The van der Waals surface area contributed by atoms with Gasteiger partial charge in [0.05, 0.1) is 0 Å². The van der Waals surface area contributed by atoms with E-state index in [1.54, 1.807) is 35.8 Å². The monoisotopic (exact) mass is 385 g/mol. The Balaban J connectivity index is 1.55. The Labute approximate surface area is 162 Å². The number of carbonyl (C=O) groups excluding carboxylic acids is 2. The summed E-state index contributed by atoms with van der Waals surface area (Å²) in [6.45, 7) is 1.34. The summed E-state index contributed by atoms with van der Waals surface area (Å²) in [7, 11) is 0. The van der Waals surface area contributed by atoms with Crippen molar-refractivity contribution < 1.29 is 14.8 Å². The zero-order valence-corrected chi connectivity index (χ0v) is 15.3. The van der Waals surface area contributed by atoms with Gasteiger partial charge in [-0.15, -0.1) is 0 Å². The highest BCUT2D eigenvalue weighted by molar-refractivity contribution is 6.30. The van der Waals surface area contributed by atoms with E-state index in [1.807, 2.05) is 29.2 Å². The standard InChI is InChI=1S/C20H20ClN3O3/c21-16-6-4-15(5-7-16)20(26)24-12-11-18(13-24)22-17-8-1-14(2-9-17)3-10-19(25)23-27/h1-10,18,22,27H,11-13H2,(H,23,25)/t18-/m1/s1. The first-order valence-electron chi connectivity index (χ1n) is 8.59. The third-order valence-corrected chi connectivity index (χ3v) is 4.64. The second-order valence-electron chi connectivity index (χ2n) is 6.32. The zero-order valence-electron chi connectivity index (χ0n) is 14.6. The molecular weight excluding hydrogens is 366 g/mol. The first-order chi connectivity index (χ1) is 13.0. The van der Waals surface area contributed by atoms with E-state index >= 15 is 0 Å². The van der Waals surface area contributed by atoms with Gasteiger partial charge in [-0.3, -0.25) is 14.8 Å². The molecule has 7 heteroatoms. The molecule has 0 bridgehead atoms. The summed E-state index contributed by atoms with van der Waals surface area (Å²) in [5.74, 6) is -0.563. The fourth-order valence-electron chi connectivity index (χ4n) is 2.97. The number of anilines is 1. The highest BCUT2D eigenvalue weighted by Gasteiger charge is 2.26. The van der Waals surface area contributed by atoms with Gasteiger partial charge >= 0.3 is 0 Å². The predicted molar refractivity (Wildman–Crippen MR) is 105 cm³/mol. The van der Waals surface area contributed by atoms with Crippen molar-refractivity contribution in [2.45, 2.75) is 12.5 Å². The van der Waals surface area contributed by atoms with Crippen molar-refractivity contribution in [3.63, 3.8) is 0 Å². The Kier molecular flexibility index (Phi) is 6.11. The van der Waals surface area contributed by atoms with Crippen LogP contribution >= 0.6 is 11.6 Å². The number of hydrogen-bond donors (Lipinski definition) is 3. The maximum absolute atomic E-state index is 12.5. The first kappa shape index (κ1) is 18.9. The summed E-state index contributed by atoms with van der Waals surface area (Å²) < 4.78 is 0. The van der Waals surface area contributed by atoms with E-state index in [4.69, 9.17) is 16.8 Å². The molecule has 2 aromatic carbocycles. The Morgan fingerprint density at radius 3 is 2.48 bits per heavy atom. The molecule has 0 aliphatic carbocycles. The minimum atomic E-state index is -0.575.